The lowest BCUT2D eigenvalue weighted by atomic mass is 10.2. The van der Waals surface area contributed by atoms with Crippen molar-refractivity contribution in [2.75, 3.05) is 27.8 Å². The minimum absolute atomic E-state index is 0.512. The topological polar surface area (TPSA) is 79.3 Å². The second-order valence-electron chi connectivity index (χ2n) is 4.81. The Balaban J connectivity index is 4.76. The molecule has 0 aliphatic heterocycles. The molecule has 0 bridgehead atoms. The molecule has 0 saturated carbocycles. The predicted octanol–water partition coefficient (Wildman–Crippen LogP) is 0.234. The maximum Gasteiger partial charge on any atom is 0.410 e. The molecule has 0 heterocycles. The minimum atomic E-state index is -1.04. The monoisotopic (exact) mass is 262 g/mol. The number of ether oxygens (including phenoxy) is 1. The van der Waals surface area contributed by atoms with Gasteiger partial charge in [-0.25, -0.2) is 9.86 Å². The number of rotatable bonds is 4. The van der Waals surface area contributed by atoms with Crippen molar-refractivity contribution in [3.05, 3.63) is 0 Å². The van der Waals surface area contributed by atoms with Gasteiger partial charge in [0.15, 0.2) is 0 Å². The summed E-state index contributed by atoms with van der Waals surface area (Å²) in [5.41, 5.74) is -0.665. The largest absolute Gasteiger partial charge is 0.444 e. The van der Waals surface area contributed by atoms with E-state index in [1.54, 1.807) is 20.8 Å². The SMILES string of the molecule is CON(C)C(=O)C(CO)N(C)C(=O)OC(C)(C)C. The summed E-state index contributed by atoms with van der Waals surface area (Å²) in [7, 11) is 4.10. The first-order valence-electron chi connectivity index (χ1n) is 5.52. The average Bonchev–Trinajstić information content (AvgIpc) is 2.26. The molecule has 0 aromatic carbocycles. The van der Waals surface area contributed by atoms with Gasteiger partial charge in [-0.15, -0.1) is 0 Å². The van der Waals surface area contributed by atoms with E-state index in [4.69, 9.17) is 9.57 Å². The normalized spacial score (nSPS) is 12.8. The summed E-state index contributed by atoms with van der Waals surface area (Å²) in [6.45, 7) is 4.64. The fraction of sp³-hybridized carbons (Fsp3) is 0.818. The van der Waals surface area contributed by atoms with Gasteiger partial charge in [-0.1, -0.05) is 0 Å². The van der Waals surface area contributed by atoms with E-state index in [0.29, 0.717) is 0 Å². The van der Waals surface area contributed by atoms with Crippen LogP contribution >= 0.6 is 0 Å². The first kappa shape index (κ1) is 16.7. The number of aliphatic hydroxyl groups is 1. The van der Waals surface area contributed by atoms with Crippen LogP contribution in [0.1, 0.15) is 20.8 Å². The van der Waals surface area contributed by atoms with Crippen molar-refractivity contribution in [1.82, 2.24) is 9.96 Å². The van der Waals surface area contributed by atoms with E-state index in [0.717, 1.165) is 9.96 Å². The fourth-order valence-corrected chi connectivity index (χ4v) is 1.13. The number of hydrogen-bond acceptors (Lipinski definition) is 5. The van der Waals surface area contributed by atoms with Gasteiger partial charge in [0.2, 0.25) is 0 Å². The van der Waals surface area contributed by atoms with Gasteiger partial charge in [-0.05, 0) is 20.8 Å². The Kier molecular flexibility index (Phi) is 6.07. The van der Waals surface area contributed by atoms with Crippen molar-refractivity contribution in [2.45, 2.75) is 32.4 Å². The highest BCUT2D eigenvalue weighted by Crippen LogP contribution is 2.11. The molecule has 0 aromatic rings. The molecule has 7 nitrogen and oxygen atoms in total. The first-order valence-corrected chi connectivity index (χ1v) is 5.52. The van der Waals surface area contributed by atoms with Gasteiger partial charge in [0.1, 0.15) is 11.6 Å². The van der Waals surface area contributed by atoms with Gasteiger partial charge < -0.3 is 9.84 Å². The highest BCUT2D eigenvalue weighted by Gasteiger charge is 2.31. The van der Waals surface area contributed by atoms with Crippen LogP contribution in [-0.2, 0) is 14.4 Å². The zero-order valence-corrected chi connectivity index (χ0v) is 11.8. The molecule has 0 aliphatic rings. The van der Waals surface area contributed by atoms with Gasteiger partial charge in [-0.3, -0.25) is 14.5 Å². The summed E-state index contributed by atoms with van der Waals surface area (Å²) < 4.78 is 5.11. The van der Waals surface area contributed by atoms with Crippen LogP contribution in [0.3, 0.4) is 0 Å². The Labute approximate surface area is 107 Å². The molecule has 1 unspecified atom stereocenters. The lowest BCUT2D eigenvalue weighted by Gasteiger charge is -2.30. The molecule has 106 valence electrons. The second-order valence-corrected chi connectivity index (χ2v) is 4.81. The molecule has 0 radical (unpaired) electrons. The van der Waals surface area contributed by atoms with Crippen LogP contribution in [0.5, 0.6) is 0 Å². The maximum absolute atomic E-state index is 11.8. The Bertz CT molecular complexity index is 300. The summed E-state index contributed by atoms with van der Waals surface area (Å²) in [6, 6.07) is -1.04. The van der Waals surface area contributed by atoms with Crippen LogP contribution < -0.4 is 0 Å². The molecule has 2 amide bonds. The highest BCUT2D eigenvalue weighted by atomic mass is 16.7. The Hall–Kier alpha value is -1.34. The number of amides is 2. The first-order chi connectivity index (χ1) is 8.14. The van der Waals surface area contributed by atoms with E-state index in [2.05, 4.69) is 0 Å². The zero-order valence-electron chi connectivity index (χ0n) is 11.8. The number of nitrogens with zero attached hydrogens (tertiary/aromatic N) is 2. The van der Waals surface area contributed by atoms with Gasteiger partial charge in [-0.2, -0.15) is 0 Å². The van der Waals surface area contributed by atoms with Crippen LogP contribution in [-0.4, -0.2) is 66.5 Å². The second kappa shape index (κ2) is 6.55. The molecular formula is C11H22N2O5. The van der Waals surface area contributed by atoms with E-state index < -0.39 is 30.3 Å². The summed E-state index contributed by atoms with van der Waals surface area (Å²) in [5, 5.41) is 10.2. The molecule has 0 aromatic heterocycles. The molecule has 7 heteroatoms. The molecule has 0 rings (SSSR count). The van der Waals surface area contributed by atoms with Crippen LogP contribution in [0.2, 0.25) is 0 Å². The summed E-state index contributed by atoms with van der Waals surface area (Å²) in [4.78, 5) is 29.3. The quantitative estimate of drug-likeness (QED) is 0.734. The van der Waals surface area contributed by atoms with Crippen molar-refractivity contribution >= 4 is 12.0 Å². The number of hydroxylamine groups is 2. The van der Waals surface area contributed by atoms with Gasteiger partial charge in [0.05, 0.1) is 13.7 Å². The predicted molar refractivity (Wildman–Crippen MR) is 64.6 cm³/mol. The Morgan fingerprint density at radius 3 is 2.11 bits per heavy atom. The van der Waals surface area contributed by atoms with E-state index in [-0.39, 0.29) is 0 Å². The number of aliphatic hydroxyl groups excluding tert-OH is 1. The molecule has 1 N–H and O–H groups in total. The smallest absolute Gasteiger partial charge is 0.410 e. The molecular weight excluding hydrogens is 240 g/mol. The van der Waals surface area contributed by atoms with Crippen molar-refractivity contribution in [1.29, 1.82) is 0 Å². The summed E-state index contributed by atoms with van der Waals surface area (Å²) in [5.74, 6) is -0.534. The molecule has 1 atom stereocenters. The molecule has 0 saturated heterocycles. The molecule has 18 heavy (non-hydrogen) atoms. The Morgan fingerprint density at radius 1 is 1.28 bits per heavy atom. The number of hydrogen-bond donors (Lipinski definition) is 1. The molecule has 0 fully saturated rings. The fourth-order valence-electron chi connectivity index (χ4n) is 1.13. The summed E-state index contributed by atoms with van der Waals surface area (Å²) in [6.07, 6.45) is -0.681. The van der Waals surface area contributed by atoms with E-state index >= 15 is 0 Å². The summed E-state index contributed by atoms with van der Waals surface area (Å²) >= 11 is 0. The Morgan fingerprint density at radius 2 is 1.78 bits per heavy atom. The van der Waals surface area contributed by atoms with E-state index in [1.807, 2.05) is 0 Å². The lowest BCUT2D eigenvalue weighted by Crippen LogP contribution is -2.51. The third-order valence-electron chi connectivity index (χ3n) is 2.19. The zero-order chi connectivity index (χ0) is 14.5. The number of carbonyl (C=O) groups is 2. The van der Waals surface area contributed by atoms with Crippen molar-refractivity contribution in [2.24, 2.45) is 0 Å². The third-order valence-corrected chi connectivity index (χ3v) is 2.19. The number of carbonyl (C=O) groups excluding carboxylic acids is 2. The van der Waals surface area contributed by atoms with Crippen molar-refractivity contribution in [3.63, 3.8) is 0 Å². The maximum atomic E-state index is 11.8. The van der Waals surface area contributed by atoms with Crippen molar-refractivity contribution in [3.8, 4) is 0 Å². The lowest BCUT2D eigenvalue weighted by molar-refractivity contribution is -0.175. The van der Waals surface area contributed by atoms with Gasteiger partial charge in [0.25, 0.3) is 5.91 Å². The third kappa shape index (κ3) is 4.89. The minimum Gasteiger partial charge on any atom is -0.444 e. The van der Waals surface area contributed by atoms with E-state index in [9.17, 15) is 14.7 Å². The number of likely N-dealkylation sites (N-methyl/N-ethyl adjacent to an activating group) is 2. The standard InChI is InChI=1S/C11H22N2O5/c1-11(2,3)18-10(16)12(4)8(7-14)9(15)13(5)17-6/h8,14H,7H2,1-6H3. The van der Waals surface area contributed by atoms with Gasteiger partial charge in [0, 0.05) is 14.1 Å². The van der Waals surface area contributed by atoms with Crippen LogP contribution in [0, 0.1) is 0 Å². The average molecular weight is 262 g/mol. The van der Waals surface area contributed by atoms with Crippen LogP contribution in [0.4, 0.5) is 4.79 Å². The van der Waals surface area contributed by atoms with Crippen LogP contribution in [0.25, 0.3) is 0 Å². The molecule has 0 aliphatic carbocycles. The molecule has 0 spiro atoms. The van der Waals surface area contributed by atoms with Crippen LogP contribution in [0.15, 0.2) is 0 Å². The van der Waals surface area contributed by atoms with Crippen molar-refractivity contribution < 1.29 is 24.3 Å². The van der Waals surface area contributed by atoms with E-state index in [1.165, 1.54) is 21.2 Å². The highest BCUT2D eigenvalue weighted by molar-refractivity contribution is 5.84. The van der Waals surface area contributed by atoms with Gasteiger partial charge >= 0.3 is 6.09 Å².